The summed E-state index contributed by atoms with van der Waals surface area (Å²) in [5.74, 6) is -21.4. The molecule has 0 fully saturated rings. The number of nitrogens with one attached hydrogen (secondary N) is 17. The van der Waals surface area contributed by atoms with Crippen molar-refractivity contribution in [1.82, 2.24) is 94.7 Å². The number of hydrogen-bond donors (Lipinski definition) is 27. The Hall–Kier alpha value is -13.1. The number of para-hydroxylation sites is 1. The zero-order valence-electron chi connectivity index (χ0n) is 70.9. The van der Waals surface area contributed by atoms with Crippen LogP contribution in [0.5, 0.6) is 0 Å². The fourth-order valence-electron chi connectivity index (χ4n) is 12.3. The van der Waals surface area contributed by atoms with Crippen molar-refractivity contribution in [1.29, 1.82) is 0 Å². The molecule has 0 spiro atoms. The van der Waals surface area contributed by atoms with Gasteiger partial charge in [0.15, 0.2) is 11.9 Å². The van der Waals surface area contributed by atoms with Gasteiger partial charge in [0.2, 0.25) is 100 Å². The summed E-state index contributed by atoms with van der Waals surface area (Å²) in [5.41, 5.74) is 34.0. The molecule has 3 rings (SSSR count). The number of aliphatic hydroxyl groups excluding tert-OH is 3. The quantitative estimate of drug-likeness (QED) is 0.0142. The van der Waals surface area contributed by atoms with E-state index in [1.54, 1.807) is 72.0 Å². The molecular weight excluding hydrogens is 1630 g/mol. The summed E-state index contributed by atoms with van der Waals surface area (Å²) in [5, 5.41) is 78.0. The fraction of sp³-hybridized carbons (Fsp3) is 0.592. The second-order valence-electron chi connectivity index (χ2n) is 30.9. The highest BCUT2D eigenvalue weighted by Crippen LogP contribution is 2.21. The monoisotopic (exact) mass is 1750 g/mol. The van der Waals surface area contributed by atoms with Crippen LogP contribution in [0.3, 0.4) is 0 Å². The molecule has 33 N–H and O–H groups in total. The lowest BCUT2D eigenvalue weighted by Crippen LogP contribution is -2.62. The number of benzene rings is 1. The van der Waals surface area contributed by atoms with Gasteiger partial charge in [-0.05, 0) is 87.2 Å². The maximum atomic E-state index is 15.0. The predicted molar refractivity (Wildman–Crippen MR) is 445 cm³/mol. The number of H-pyrrole nitrogens is 2. The summed E-state index contributed by atoms with van der Waals surface area (Å²) in [4.78, 5) is 261. The Morgan fingerprint density at radius 1 is 0.444 bits per heavy atom. The van der Waals surface area contributed by atoms with E-state index in [1.807, 2.05) is 0 Å². The van der Waals surface area contributed by atoms with Gasteiger partial charge in [0.05, 0.1) is 50.8 Å². The number of aliphatic carboxylic acids is 1. The number of hydrogen-bond acceptors (Lipinski definition) is 24. The zero-order chi connectivity index (χ0) is 93.4. The lowest BCUT2D eigenvalue weighted by molar-refractivity contribution is -0.142. The summed E-state index contributed by atoms with van der Waals surface area (Å²) in [6.45, 7) is 11.0. The average molecular weight is 1750 g/mol. The van der Waals surface area contributed by atoms with Gasteiger partial charge in [0, 0.05) is 62.6 Å². The van der Waals surface area contributed by atoms with Crippen LogP contribution in [0.4, 0.5) is 0 Å². The summed E-state index contributed by atoms with van der Waals surface area (Å²) in [6.07, 6.45) is -0.0367. The molecule has 688 valence electrons. The normalized spacial score (nSPS) is 14.6. The van der Waals surface area contributed by atoms with E-state index in [-0.39, 0.29) is 101 Å². The first-order chi connectivity index (χ1) is 58.2. The average Bonchev–Trinajstić information content (AvgIpc) is 1.67. The lowest BCUT2D eigenvalue weighted by atomic mass is 10.00. The first-order valence-corrected chi connectivity index (χ1v) is 40.0. The summed E-state index contributed by atoms with van der Waals surface area (Å²) >= 11 is 0. The van der Waals surface area contributed by atoms with Crippen molar-refractivity contribution in [3.8, 4) is 0 Å². The minimum absolute atomic E-state index is 0.0147. The van der Waals surface area contributed by atoms with E-state index in [9.17, 15) is 107 Å². The molecule has 14 atom stereocenters. The maximum absolute atomic E-state index is 15.0. The van der Waals surface area contributed by atoms with Gasteiger partial charge in [-0.2, -0.15) is 0 Å². The molecule has 1 aromatic carbocycles. The number of carboxylic acids is 1. The number of nitrogens with two attached hydrogens (primary N) is 6. The first-order valence-electron chi connectivity index (χ1n) is 40.0. The summed E-state index contributed by atoms with van der Waals surface area (Å²) in [6, 6.07) is -13.8. The number of carbonyl (C=O) groups excluding carboxylic acids is 17. The van der Waals surface area contributed by atoms with Crippen molar-refractivity contribution in [2.24, 2.45) is 68.1 Å². The third kappa shape index (κ3) is 37.9. The van der Waals surface area contributed by atoms with Gasteiger partial charge in [-0.25, -0.2) is 4.98 Å². The van der Waals surface area contributed by atoms with E-state index in [1.165, 1.54) is 33.3 Å². The highest BCUT2D eigenvalue weighted by atomic mass is 16.4. The van der Waals surface area contributed by atoms with Crippen molar-refractivity contribution in [3.63, 3.8) is 0 Å². The number of imidazole rings is 1. The van der Waals surface area contributed by atoms with E-state index in [4.69, 9.17) is 34.4 Å². The number of amides is 17. The molecule has 124 heavy (non-hydrogen) atoms. The largest absolute Gasteiger partial charge is 0.481 e. The van der Waals surface area contributed by atoms with Crippen LogP contribution in [0.1, 0.15) is 138 Å². The van der Waals surface area contributed by atoms with Crippen molar-refractivity contribution >= 4 is 129 Å². The number of aromatic amines is 2. The molecule has 0 saturated carbocycles. The van der Waals surface area contributed by atoms with Crippen molar-refractivity contribution in [3.05, 3.63) is 54.2 Å². The van der Waals surface area contributed by atoms with Gasteiger partial charge >= 0.3 is 5.97 Å². The number of rotatable bonds is 56. The van der Waals surface area contributed by atoms with Crippen LogP contribution in [0, 0.1) is 23.7 Å². The molecule has 0 aliphatic carbocycles. The highest BCUT2D eigenvalue weighted by molar-refractivity contribution is 6.01. The molecule has 2 aromatic heterocycles. The predicted octanol–water partition coefficient (Wildman–Crippen LogP) is -9.67. The van der Waals surface area contributed by atoms with Gasteiger partial charge in [0.25, 0.3) is 0 Å². The number of carbonyl (C=O) groups is 18. The second-order valence-corrected chi connectivity index (χ2v) is 30.9. The van der Waals surface area contributed by atoms with E-state index in [0.717, 1.165) is 6.92 Å². The van der Waals surface area contributed by atoms with Crippen LogP contribution < -0.4 is 114 Å². The smallest absolute Gasteiger partial charge is 0.305 e. The van der Waals surface area contributed by atoms with E-state index >= 15 is 0 Å². The number of fused-ring (bicyclic) bond motifs is 1. The first kappa shape index (κ1) is 105. The molecule has 0 aliphatic rings. The molecule has 17 amide bonds. The standard InChI is InChI=1S/C76H122N26O22/c1-35(2)23-48(64(114)88-31-57(109)92-53(32-103)71(121)101-59(37(5)6)72(122)93-45(62(78)112)19-20-55(77)107)95-70(120)54(33-104)99-74(124)61(39(9)105)102-69(119)52(27-58(110)111)97-66(116)49(24-36(3)4)91-56(108)30-87-63(113)46(17-13-21-84-75(79)80)94-67(117)50(25-41-28-86-44-16-12-11-15-43(41)44)96-68(118)51(26-42-29-83-34-89-42)98-73(123)60(38(7)8)100-65(115)47(90-40(10)106)18-14-22-85-76(81)82/h11-12,15-16,28-29,34-39,45-54,59-61,86,103-105H,13-14,17-27,30-33H2,1-10H3,(H2,77,107)(H2,78,112)(H,83,89)(H,87,113)(H,88,114)(H,90,106)(H,91,108)(H,92,109)(H,93,122)(H,94,117)(H,95,120)(H,96,118)(H,97,116)(H,98,123)(H,99,124)(H,100,115)(H,101,121)(H,102,119)(H,110,111)(H4,79,80,84)(H4,81,82,85)/t39-,45+,46+,47+,48+,49+,50+,51+,52+,53+,54+,59+,60+,61+/m1/s1. The maximum Gasteiger partial charge on any atom is 0.305 e. The highest BCUT2D eigenvalue weighted by Gasteiger charge is 2.39. The Bertz CT molecular complexity index is 4220. The Kier molecular flexibility index (Phi) is 44.8. The van der Waals surface area contributed by atoms with E-state index < -0.39 is 242 Å². The molecule has 48 heteroatoms. The third-order valence-electron chi connectivity index (χ3n) is 18.7. The van der Waals surface area contributed by atoms with Crippen molar-refractivity contribution in [2.45, 2.75) is 225 Å². The Morgan fingerprint density at radius 2 is 0.847 bits per heavy atom. The zero-order valence-corrected chi connectivity index (χ0v) is 70.9. The van der Waals surface area contributed by atoms with Crippen LogP contribution in [0.25, 0.3) is 10.9 Å². The number of primary amides is 2. The molecule has 2 heterocycles. The van der Waals surface area contributed by atoms with Gasteiger partial charge < -0.3 is 145 Å². The molecule has 0 saturated heterocycles. The Balaban J connectivity index is 1.85. The van der Waals surface area contributed by atoms with Gasteiger partial charge in [-0.15, -0.1) is 0 Å². The minimum atomic E-state index is -2.09. The fourth-order valence-corrected chi connectivity index (χ4v) is 12.3. The van der Waals surface area contributed by atoms with Crippen LogP contribution in [0.15, 0.2) is 53.0 Å². The van der Waals surface area contributed by atoms with Gasteiger partial charge in [-0.1, -0.05) is 73.6 Å². The molecule has 0 aliphatic heterocycles. The van der Waals surface area contributed by atoms with Crippen LogP contribution >= 0.6 is 0 Å². The molecule has 48 nitrogen and oxygen atoms in total. The number of carboxylic acid groups (broad SMARTS) is 1. The number of guanidine groups is 2. The van der Waals surface area contributed by atoms with Gasteiger partial charge in [0.1, 0.15) is 78.5 Å². The minimum Gasteiger partial charge on any atom is -0.481 e. The summed E-state index contributed by atoms with van der Waals surface area (Å²) < 4.78 is 0. The number of nitrogens with zero attached hydrogens (tertiary/aromatic N) is 3. The molecule has 0 bridgehead atoms. The van der Waals surface area contributed by atoms with Crippen molar-refractivity contribution < 1.29 is 107 Å². The Labute approximate surface area is 714 Å². The van der Waals surface area contributed by atoms with Crippen molar-refractivity contribution in [2.75, 3.05) is 39.4 Å². The number of aliphatic imine (C=N–C) groups is 2. The van der Waals surface area contributed by atoms with Gasteiger partial charge in [-0.3, -0.25) is 96.3 Å². The Morgan fingerprint density at radius 3 is 1.32 bits per heavy atom. The van der Waals surface area contributed by atoms with E-state index in [2.05, 4.69) is 105 Å². The third-order valence-corrected chi connectivity index (χ3v) is 18.7. The second kappa shape index (κ2) is 52.9. The number of aromatic nitrogens is 3. The topological polar surface area (TPSA) is 794 Å². The SMILES string of the molecule is CC(=O)N[C@@H](CCCN=C(N)N)C(=O)N[C@H](C(=O)N[C@@H](Cc1c[nH]cn1)C(=O)N[C@@H](Cc1c[nH]c2ccccc12)C(=O)N[C@@H](CCCN=C(N)N)C(=O)NCC(=O)N[C@@H](CC(C)C)C(=O)N[C@@H](CC(=O)O)C(=O)N[C@H](C(=O)N[C@@H](CO)C(=O)N[C@@H](CC(C)C)C(=O)NCC(=O)N[C@@H](CO)C(=O)N[C@H](C(=O)N[C@@H](CCC(N)=O)C(N)=O)C(C)C)[C@@H](C)O)C(C)C. The molecule has 0 radical (unpaired) electrons. The lowest BCUT2D eigenvalue weighted by Gasteiger charge is -2.28. The number of aliphatic hydroxyl groups is 3. The van der Waals surface area contributed by atoms with Crippen LogP contribution in [-0.2, 0) is 99.1 Å². The molecule has 0 unspecified atom stereocenters. The van der Waals surface area contributed by atoms with E-state index in [0.29, 0.717) is 16.5 Å². The molecular formula is C76H122N26O22. The van der Waals surface area contributed by atoms with Crippen LogP contribution in [0.2, 0.25) is 0 Å². The van der Waals surface area contributed by atoms with Crippen LogP contribution in [-0.4, -0.2) is 278 Å². The molecule has 3 aromatic rings. The summed E-state index contributed by atoms with van der Waals surface area (Å²) in [7, 11) is 0.